The molecule has 3 aromatic carbocycles. The third kappa shape index (κ3) is 4.69. The molecular weight excluding hydrogens is 461 g/mol. The van der Waals surface area contributed by atoms with Gasteiger partial charge >= 0.3 is 7.25 Å². The van der Waals surface area contributed by atoms with Gasteiger partial charge in [-0.1, -0.05) is 73.7 Å². The Balaban J connectivity index is 0.000000489. The highest BCUT2D eigenvalue weighted by molar-refractivity contribution is 6.50. The van der Waals surface area contributed by atoms with Crippen molar-refractivity contribution in [3.63, 3.8) is 0 Å². The van der Waals surface area contributed by atoms with Crippen molar-refractivity contribution in [2.24, 2.45) is 0 Å². The van der Waals surface area contributed by atoms with Crippen LogP contribution >= 0.6 is 0 Å². The molecule has 1 aromatic heterocycles. The number of rotatable bonds is 3. The second-order valence-corrected chi connectivity index (χ2v) is 9.36. The zero-order chi connectivity index (χ0) is 25.3. The van der Waals surface area contributed by atoms with Crippen molar-refractivity contribution in [2.75, 3.05) is 0 Å². The Morgan fingerprint density at radius 1 is 0.639 bits per heavy atom. The van der Waals surface area contributed by atoms with E-state index in [0.717, 1.165) is 38.6 Å². The monoisotopic (exact) mass is 489 g/mol. The average Bonchev–Trinajstić information content (AvgIpc) is 2.87. The van der Waals surface area contributed by atoms with Crippen molar-refractivity contribution < 1.29 is 21.8 Å². The van der Waals surface area contributed by atoms with Crippen LogP contribution in [0.15, 0.2) is 78.9 Å². The molecule has 0 saturated heterocycles. The van der Waals surface area contributed by atoms with Gasteiger partial charge in [-0.25, -0.2) is 0 Å². The van der Waals surface area contributed by atoms with Crippen LogP contribution in [-0.2, 0) is 32.2 Å². The fourth-order valence-corrected chi connectivity index (χ4v) is 5.82. The van der Waals surface area contributed by atoms with Crippen LogP contribution in [0.2, 0.25) is 0 Å². The maximum absolute atomic E-state index is 9.75. The molecule has 0 aliphatic heterocycles. The number of hydrogen-bond donors (Lipinski definition) is 0. The van der Waals surface area contributed by atoms with E-state index >= 15 is 0 Å². The fraction of sp³-hybridized carbons (Fsp3) is 0.233. The molecule has 0 spiro atoms. The van der Waals surface area contributed by atoms with Crippen LogP contribution < -0.4 is 4.57 Å². The Kier molecular flexibility index (Phi) is 6.70. The molecular formula is C30H28BF4N. The van der Waals surface area contributed by atoms with Gasteiger partial charge in [0.05, 0.1) is 0 Å². The van der Waals surface area contributed by atoms with E-state index in [1.807, 2.05) is 0 Å². The van der Waals surface area contributed by atoms with Gasteiger partial charge in [0.1, 0.15) is 6.54 Å². The molecule has 1 heterocycles. The van der Waals surface area contributed by atoms with Crippen molar-refractivity contribution in [3.05, 3.63) is 101 Å². The van der Waals surface area contributed by atoms with Crippen molar-refractivity contribution >= 4 is 7.25 Å². The average molecular weight is 489 g/mol. The van der Waals surface area contributed by atoms with Gasteiger partial charge in [0.15, 0.2) is 0 Å². The number of benzene rings is 3. The number of nitrogens with zero attached hydrogens (tertiary/aromatic N) is 1. The minimum Gasteiger partial charge on any atom is -0.418 e. The lowest BCUT2D eigenvalue weighted by molar-refractivity contribution is -0.676. The maximum Gasteiger partial charge on any atom is 0.673 e. The molecule has 0 unspecified atom stereocenters. The highest BCUT2D eigenvalue weighted by Gasteiger charge is 2.37. The van der Waals surface area contributed by atoms with Gasteiger partial charge in [-0.2, -0.15) is 4.57 Å². The van der Waals surface area contributed by atoms with Gasteiger partial charge in [-0.3, -0.25) is 0 Å². The quantitative estimate of drug-likeness (QED) is 0.157. The number of fused-ring (bicyclic) bond motifs is 6. The number of pyridine rings is 1. The van der Waals surface area contributed by atoms with E-state index in [-0.39, 0.29) is 0 Å². The molecule has 0 radical (unpaired) electrons. The molecule has 0 fully saturated rings. The molecule has 0 N–H and O–H groups in total. The van der Waals surface area contributed by atoms with E-state index in [1.54, 1.807) is 11.1 Å². The third-order valence-corrected chi connectivity index (χ3v) is 7.06. The Morgan fingerprint density at radius 2 is 1.08 bits per heavy atom. The molecule has 184 valence electrons. The molecule has 6 rings (SSSR count). The molecule has 2 aliphatic rings. The standard InChI is InChI=1S/C30H28N.BF4/c1-2-20-31-29-24-14-8-6-10-21(24)16-18-26(29)28(23-12-4-3-5-13-23)27-19-17-22-11-7-9-15-25(22)30(27)31;2-1(3,4)5/h3-15H,2,16-20H2,1H3;/q+1;-1. The molecule has 0 bridgehead atoms. The maximum atomic E-state index is 9.75. The van der Waals surface area contributed by atoms with E-state index in [9.17, 15) is 17.3 Å². The molecule has 4 aromatic rings. The predicted octanol–water partition coefficient (Wildman–Crippen LogP) is 7.88. The van der Waals surface area contributed by atoms with Gasteiger partial charge in [0, 0.05) is 34.2 Å². The van der Waals surface area contributed by atoms with Gasteiger partial charge in [0.25, 0.3) is 0 Å². The smallest absolute Gasteiger partial charge is 0.418 e. The number of hydrogen-bond acceptors (Lipinski definition) is 0. The lowest BCUT2D eigenvalue weighted by Gasteiger charge is -2.28. The van der Waals surface area contributed by atoms with E-state index in [4.69, 9.17) is 0 Å². The first-order valence-electron chi connectivity index (χ1n) is 12.6. The molecule has 2 aliphatic carbocycles. The van der Waals surface area contributed by atoms with Gasteiger partial charge in [-0.05, 0) is 54.5 Å². The topological polar surface area (TPSA) is 3.88 Å². The van der Waals surface area contributed by atoms with Crippen molar-refractivity contribution in [3.8, 4) is 33.6 Å². The fourth-order valence-electron chi connectivity index (χ4n) is 5.82. The van der Waals surface area contributed by atoms with Gasteiger partial charge in [-0.15, -0.1) is 0 Å². The molecule has 1 nitrogen and oxygen atoms in total. The van der Waals surface area contributed by atoms with E-state index in [1.165, 1.54) is 44.8 Å². The normalized spacial score (nSPS) is 13.5. The first kappa shape index (κ1) is 24.3. The molecule has 0 saturated carbocycles. The summed E-state index contributed by atoms with van der Waals surface area (Å²) >= 11 is 0. The highest BCUT2D eigenvalue weighted by atomic mass is 19.5. The van der Waals surface area contributed by atoms with E-state index < -0.39 is 7.25 Å². The first-order valence-corrected chi connectivity index (χ1v) is 12.6. The Bertz CT molecular complexity index is 1310. The van der Waals surface area contributed by atoms with Gasteiger partial charge in [0.2, 0.25) is 11.4 Å². The van der Waals surface area contributed by atoms with Gasteiger partial charge < -0.3 is 17.3 Å². The summed E-state index contributed by atoms with van der Waals surface area (Å²) in [7, 11) is -6.00. The minimum atomic E-state index is -6.00. The molecule has 0 atom stereocenters. The third-order valence-electron chi connectivity index (χ3n) is 7.06. The van der Waals surface area contributed by atoms with Crippen molar-refractivity contribution in [2.45, 2.75) is 45.6 Å². The Hall–Kier alpha value is -3.41. The largest absolute Gasteiger partial charge is 0.673 e. The molecule has 36 heavy (non-hydrogen) atoms. The van der Waals surface area contributed by atoms with E-state index in [0.29, 0.717) is 0 Å². The number of aromatic nitrogens is 1. The summed E-state index contributed by atoms with van der Waals surface area (Å²) in [4.78, 5) is 0. The van der Waals surface area contributed by atoms with Crippen LogP contribution in [-0.4, -0.2) is 7.25 Å². The second-order valence-electron chi connectivity index (χ2n) is 9.36. The Morgan fingerprint density at radius 3 is 1.56 bits per heavy atom. The summed E-state index contributed by atoms with van der Waals surface area (Å²) in [5, 5.41) is 0. The van der Waals surface area contributed by atoms with Crippen molar-refractivity contribution in [1.82, 2.24) is 0 Å². The highest BCUT2D eigenvalue weighted by Crippen LogP contribution is 2.44. The SMILES string of the molecule is CCC[n+]1c2c(c(-c3ccccc3)c3c1-c1ccccc1CC3)CCc1ccccc1-2.F[B-](F)(F)F. The lowest BCUT2D eigenvalue weighted by Crippen LogP contribution is -2.43. The van der Waals surface area contributed by atoms with Crippen LogP contribution in [0.3, 0.4) is 0 Å². The zero-order valence-electron chi connectivity index (χ0n) is 20.3. The summed E-state index contributed by atoms with van der Waals surface area (Å²) in [6, 6.07) is 29.3. The lowest BCUT2D eigenvalue weighted by atomic mass is 9.77. The van der Waals surface area contributed by atoms with Crippen molar-refractivity contribution in [1.29, 1.82) is 0 Å². The Labute approximate surface area is 209 Å². The first-order chi connectivity index (χ1) is 17.4. The molecule has 6 heteroatoms. The van der Waals surface area contributed by atoms with Crippen LogP contribution in [0.25, 0.3) is 33.6 Å². The summed E-state index contributed by atoms with van der Waals surface area (Å²) in [6.45, 7) is 3.36. The molecule has 0 amide bonds. The van der Waals surface area contributed by atoms with Crippen LogP contribution in [0.4, 0.5) is 17.3 Å². The zero-order valence-corrected chi connectivity index (χ0v) is 20.3. The minimum absolute atomic E-state index is 1.06. The summed E-state index contributed by atoms with van der Waals surface area (Å²) in [5.41, 5.74) is 14.7. The predicted molar refractivity (Wildman–Crippen MR) is 138 cm³/mol. The van der Waals surface area contributed by atoms with Crippen LogP contribution in [0.1, 0.15) is 35.6 Å². The van der Waals surface area contributed by atoms with Crippen LogP contribution in [0.5, 0.6) is 0 Å². The number of halogens is 4. The summed E-state index contributed by atoms with van der Waals surface area (Å²) in [5.74, 6) is 0. The second kappa shape index (κ2) is 9.92. The van der Waals surface area contributed by atoms with E-state index in [2.05, 4.69) is 90.4 Å². The van der Waals surface area contributed by atoms with Crippen LogP contribution in [0, 0.1) is 0 Å². The summed E-state index contributed by atoms with van der Waals surface area (Å²) in [6.07, 6.45) is 5.64. The summed E-state index contributed by atoms with van der Waals surface area (Å²) < 4.78 is 41.7. The number of aryl methyl sites for hydroxylation is 2.